The van der Waals surface area contributed by atoms with E-state index in [9.17, 15) is 14.9 Å². The first-order valence-electron chi connectivity index (χ1n) is 9.05. The third-order valence-electron chi connectivity index (χ3n) is 4.65. The van der Waals surface area contributed by atoms with E-state index in [2.05, 4.69) is 16.4 Å². The molecule has 0 bridgehead atoms. The molecular weight excluding hydrogens is 374 g/mol. The maximum atomic E-state index is 12.9. The zero-order valence-electron chi connectivity index (χ0n) is 17.4. The second-order valence-electron chi connectivity index (χ2n) is 6.38. The molecule has 0 saturated carbocycles. The van der Waals surface area contributed by atoms with Crippen LogP contribution in [-0.4, -0.2) is 38.0 Å². The summed E-state index contributed by atoms with van der Waals surface area (Å²) in [5.74, 6) is 0.551. The standard InChI is InChI=1S/C21H25N3O5/c1-7-14-18(12(3)25)11(2)23-19(14)21(26)24-15(10-22)13-8-16(27-4)20(29-6)17(9-13)28-5/h8-9,15,23H,7H2,1-6H3,(H,24,26). The number of aromatic nitrogens is 1. The highest BCUT2D eigenvalue weighted by Gasteiger charge is 2.25. The molecule has 1 aromatic carbocycles. The number of benzene rings is 1. The van der Waals surface area contributed by atoms with Crippen molar-refractivity contribution in [3.8, 4) is 23.3 Å². The van der Waals surface area contributed by atoms with Gasteiger partial charge in [-0.25, -0.2) is 0 Å². The lowest BCUT2D eigenvalue weighted by Crippen LogP contribution is -2.29. The Labute approximate surface area is 169 Å². The molecule has 0 spiro atoms. The lowest BCUT2D eigenvalue weighted by Gasteiger charge is -2.17. The van der Waals surface area contributed by atoms with E-state index in [0.717, 1.165) is 0 Å². The van der Waals surface area contributed by atoms with Gasteiger partial charge in [-0.3, -0.25) is 9.59 Å². The van der Waals surface area contributed by atoms with Crippen LogP contribution in [0.4, 0.5) is 0 Å². The van der Waals surface area contributed by atoms with E-state index < -0.39 is 11.9 Å². The van der Waals surface area contributed by atoms with Gasteiger partial charge in [-0.2, -0.15) is 5.26 Å². The van der Waals surface area contributed by atoms with E-state index in [4.69, 9.17) is 14.2 Å². The molecule has 154 valence electrons. The number of hydrogen-bond acceptors (Lipinski definition) is 6. The number of H-pyrrole nitrogens is 1. The van der Waals surface area contributed by atoms with Crippen molar-refractivity contribution >= 4 is 11.7 Å². The second-order valence-corrected chi connectivity index (χ2v) is 6.38. The van der Waals surface area contributed by atoms with Gasteiger partial charge in [0.25, 0.3) is 5.91 Å². The minimum atomic E-state index is -0.967. The quantitative estimate of drug-likeness (QED) is 0.660. The Balaban J connectivity index is 2.43. The Kier molecular flexibility index (Phi) is 6.89. The summed E-state index contributed by atoms with van der Waals surface area (Å²) in [5.41, 5.74) is 2.53. The smallest absolute Gasteiger partial charge is 0.269 e. The van der Waals surface area contributed by atoms with Crippen molar-refractivity contribution in [3.63, 3.8) is 0 Å². The third-order valence-corrected chi connectivity index (χ3v) is 4.65. The van der Waals surface area contributed by atoms with Crippen LogP contribution in [0.5, 0.6) is 17.2 Å². The van der Waals surface area contributed by atoms with Crippen LogP contribution in [0.3, 0.4) is 0 Å². The molecule has 2 aromatic rings. The Morgan fingerprint density at radius 3 is 2.17 bits per heavy atom. The number of ether oxygens (including phenoxy) is 3. The molecule has 1 unspecified atom stereocenters. The van der Waals surface area contributed by atoms with Gasteiger partial charge in [-0.15, -0.1) is 0 Å². The molecule has 0 aliphatic rings. The fourth-order valence-electron chi connectivity index (χ4n) is 3.36. The van der Waals surface area contributed by atoms with E-state index in [1.165, 1.54) is 28.3 Å². The highest BCUT2D eigenvalue weighted by atomic mass is 16.5. The summed E-state index contributed by atoms with van der Waals surface area (Å²) in [5, 5.41) is 12.4. The van der Waals surface area contributed by atoms with Crippen molar-refractivity contribution in [1.29, 1.82) is 5.26 Å². The van der Waals surface area contributed by atoms with Gasteiger partial charge < -0.3 is 24.5 Å². The van der Waals surface area contributed by atoms with Crippen LogP contribution >= 0.6 is 0 Å². The van der Waals surface area contributed by atoms with Crippen molar-refractivity contribution in [2.24, 2.45) is 0 Å². The van der Waals surface area contributed by atoms with Crippen molar-refractivity contribution < 1.29 is 23.8 Å². The zero-order chi connectivity index (χ0) is 21.7. The molecule has 8 nitrogen and oxygen atoms in total. The van der Waals surface area contributed by atoms with Crippen LogP contribution in [0.2, 0.25) is 0 Å². The van der Waals surface area contributed by atoms with Crippen LogP contribution in [-0.2, 0) is 6.42 Å². The summed E-state index contributed by atoms with van der Waals surface area (Å²) in [7, 11) is 4.43. The molecule has 1 amide bonds. The van der Waals surface area contributed by atoms with Crippen LogP contribution in [0.25, 0.3) is 0 Å². The summed E-state index contributed by atoms with van der Waals surface area (Å²) in [6.45, 7) is 5.07. The average molecular weight is 399 g/mol. The van der Waals surface area contributed by atoms with Crippen molar-refractivity contribution in [3.05, 3.63) is 40.2 Å². The molecule has 0 radical (unpaired) electrons. The zero-order valence-corrected chi connectivity index (χ0v) is 17.4. The van der Waals surface area contributed by atoms with Gasteiger partial charge in [-0.05, 0) is 43.5 Å². The first-order valence-corrected chi connectivity index (χ1v) is 9.05. The predicted molar refractivity (Wildman–Crippen MR) is 107 cm³/mol. The minimum absolute atomic E-state index is 0.115. The largest absolute Gasteiger partial charge is 0.493 e. The van der Waals surface area contributed by atoms with Crippen molar-refractivity contribution in [2.45, 2.75) is 33.2 Å². The number of nitrogens with one attached hydrogen (secondary N) is 2. The van der Waals surface area contributed by atoms with E-state index in [0.29, 0.717) is 46.1 Å². The first-order chi connectivity index (χ1) is 13.8. The third kappa shape index (κ3) is 4.19. The Bertz CT molecular complexity index is 946. The fraction of sp³-hybridized carbons (Fsp3) is 0.381. The number of carbonyl (C=O) groups excluding carboxylic acids is 2. The second kappa shape index (κ2) is 9.15. The lowest BCUT2D eigenvalue weighted by atomic mass is 10.0. The number of nitrogens with zero attached hydrogens (tertiary/aromatic N) is 1. The topological polar surface area (TPSA) is 113 Å². The molecule has 0 fully saturated rings. The minimum Gasteiger partial charge on any atom is -0.493 e. The number of hydrogen-bond donors (Lipinski definition) is 2. The van der Waals surface area contributed by atoms with E-state index in [1.807, 2.05) is 6.92 Å². The number of carbonyl (C=O) groups is 2. The maximum absolute atomic E-state index is 12.9. The number of aromatic amines is 1. The monoisotopic (exact) mass is 399 g/mol. The molecular formula is C21H25N3O5. The first kappa shape index (κ1) is 21.8. The molecule has 0 aliphatic heterocycles. The predicted octanol–water partition coefficient (Wildman–Crippen LogP) is 3.11. The van der Waals surface area contributed by atoms with Gasteiger partial charge in [0.2, 0.25) is 5.75 Å². The van der Waals surface area contributed by atoms with Crippen molar-refractivity contribution in [2.75, 3.05) is 21.3 Å². The maximum Gasteiger partial charge on any atom is 0.269 e. The van der Waals surface area contributed by atoms with Gasteiger partial charge in [-0.1, -0.05) is 6.92 Å². The van der Waals surface area contributed by atoms with Gasteiger partial charge in [0.05, 0.1) is 27.4 Å². The molecule has 1 heterocycles. The summed E-state index contributed by atoms with van der Waals surface area (Å²) >= 11 is 0. The van der Waals surface area contributed by atoms with Crippen molar-refractivity contribution in [1.82, 2.24) is 10.3 Å². The SMILES string of the molecule is CCc1c(C(=O)NC(C#N)c2cc(OC)c(OC)c(OC)c2)[nH]c(C)c1C(C)=O. The average Bonchev–Trinajstić information content (AvgIpc) is 3.07. The normalized spacial score (nSPS) is 11.3. The summed E-state index contributed by atoms with van der Waals surface area (Å²) in [6, 6.07) is 4.33. The number of Topliss-reactive ketones (excluding diaryl/α,β-unsaturated/α-hetero) is 1. The molecule has 0 aliphatic carbocycles. The van der Waals surface area contributed by atoms with Crippen LogP contribution in [0.15, 0.2) is 12.1 Å². The number of methoxy groups -OCH3 is 3. The molecule has 1 aromatic heterocycles. The molecule has 29 heavy (non-hydrogen) atoms. The number of aryl methyl sites for hydroxylation is 1. The lowest BCUT2D eigenvalue weighted by molar-refractivity contribution is 0.0939. The van der Waals surface area contributed by atoms with E-state index in [1.54, 1.807) is 19.1 Å². The Hall–Kier alpha value is -3.47. The van der Waals surface area contributed by atoms with Gasteiger partial charge in [0.15, 0.2) is 17.3 Å². The molecule has 2 N–H and O–H groups in total. The van der Waals surface area contributed by atoms with E-state index >= 15 is 0 Å². The number of rotatable bonds is 8. The fourth-order valence-corrected chi connectivity index (χ4v) is 3.36. The van der Waals surface area contributed by atoms with Crippen LogP contribution < -0.4 is 19.5 Å². The number of amides is 1. The molecule has 2 rings (SSSR count). The highest BCUT2D eigenvalue weighted by molar-refractivity contribution is 6.02. The molecule has 8 heteroatoms. The van der Waals surface area contributed by atoms with Gasteiger partial charge in [0, 0.05) is 11.3 Å². The molecule has 0 saturated heterocycles. The van der Waals surface area contributed by atoms with Gasteiger partial charge >= 0.3 is 0 Å². The number of nitriles is 1. The van der Waals surface area contributed by atoms with Crippen LogP contribution in [0.1, 0.15) is 57.6 Å². The molecule has 1 atom stereocenters. The summed E-state index contributed by atoms with van der Waals surface area (Å²) in [6.07, 6.45) is 0.503. The van der Waals surface area contributed by atoms with E-state index in [-0.39, 0.29) is 11.5 Å². The van der Waals surface area contributed by atoms with Gasteiger partial charge in [0.1, 0.15) is 11.7 Å². The van der Waals surface area contributed by atoms with Crippen LogP contribution in [0, 0.1) is 18.3 Å². The summed E-state index contributed by atoms with van der Waals surface area (Å²) in [4.78, 5) is 27.8. The summed E-state index contributed by atoms with van der Waals surface area (Å²) < 4.78 is 15.9. The number of ketones is 1. The highest BCUT2D eigenvalue weighted by Crippen LogP contribution is 2.39. The Morgan fingerprint density at radius 2 is 1.76 bits per heavy atom. The Morgan fingerprint density at radius 1 is 1.17 bits per heavy atom.